The minimum Gasteiger partial charge on any atom is -0.502 e. The van der Waals surface area contributed by atoms with Crippen molar-refractivity contribution >= 4 is 28.0 Å². The van der Waals surface area contributed by atoms with Crippen LogP contribution in [0.1, 0.15) is 89.5 Å². The zero-order chi connectivity index (χ0) is 19.5. The summed E-state index contributed by atoms with van der Waals surface area (Å²) in [4.78, 5) is 0. The quantitative estimate of drug-likeness (QED) is 0.276. The van der Waals surface area contributed by atoms with E-state index in [-0.39, 0.29) is 11.0 Å². The van der Waals surface area contributed by atoms with Crippen LogP contribution in [0, 0.1) is 5.92 Å². The van der Waals surface area contributed by atoms with Crippen LogP contribution < -0.4 is 0 Å². The van der Waals surface area contributed by atoms with Crippen LogP contribution in [0.25, 0.3) is 10.8 Å². The number of fused-ring (bicyclic) bond motifs is 1. The highest BCUT2D eigenvalue weighted by Crippen LogP contribution is 2.32. The first kappa shape index (κ1) is 21.9. The number of hydrogen-bond donors (Lipinski definition) is 1. The summed E-state index contributed by atoms with van der Waals surface area (Å²) in [5.41, 5.74) is 1.18. The van der Waals surface area contributed by atoms with Crippen molar-refractivity contribution in [1.82, 2.24) is 0 Å². The molecule has 1 N–H and O–H groups in total. The van der Waals surface area contributed by atoms with Gasteiger partial charge in [-0.1, -0.05) is 114 Å². The normalized spacial score (nSPS) is 13.6. The second kappa shape index (κ2) is 12.1. The Hall–Kier alpha value is -1.41. The maximum absolute atomic E-state index is 10.2. The van der Waals surface area contributed by atoms with Crippen molar-refractivity contribution in [2.45, 2.75) is 84.0 Å². The Balaban J connectivity index is 2.01. The number of thiocarbonyl (C=S) groups is 1. The van der Waals surface area contributed by atoms with Gasteiger partial charge in [0.1, 0.15) is 0 Å². The monoisotopic (exact) mass is 384 g/mol. The van der Waals surface area contributed by atoms with Gasteiger partial charge >= 0.3 is 0 Å². The Morgan fingerprint density at radius 2 is 1.48 bits per heavy atom. The zero-order valence-corrected chi connectivity index (χ0v) is 17.9. The molecule has 0 radical (unpaired) electrons. The number of hydrogen-bond acceptors (Lipinski definition) is 1. The minimum absolute atomic E-state index is 0.0337. The molecule has 0 amide bonds. The Morgan fingerprint density at radius 1 is 0.815 bits per heavy atom. The molecule has 148 valence electrons. The van der Waals surface area contributed by atoms with Crippen molar-refractivity contribution in [2.75, 3.05) is 0 Å². The molecule has 2 rings (SSSR count). The lowest BCUT2D eigenvalue weighted by atomic mass is 9.86. The third-order valence-electron chi connectivity index (χ3n) is 5.78. The smallest absolute Gasteiger partial charge is 0.164 e. The van der Waals surface area contributed by atoms with Gasteiger partial charge in [0.05, 0.1) is 5.92 Å². The SMILES string of the molecule is CCCCCC(CCCC)CCCC(C(O)=S)c1cccc2ccccc12. The van der Waals surface area contributed by atoms with Gasteiger partial charge in [-0.2, -0.15) is 0 Å². The van der Waals surface area contributed by atoms with Gasteiger partial charge in [-0.05, 0) is 40.9 Å². The van der Waals surface area contributed by atoms with E-state index < -0.39 is 0 Å². The minimum atomic E-state index is -0.0337. The van der Waals surface area contributed by atoms with Crippen LogP contribution in [-0.4, -0.2) is 10.2 Å². The van der Waals surface area contributed by atoms with E-state index in [1.807, 2.05) is 0 Å². The van der Waals surface area contributed by atoms with E-state index in [0.717, 1.165) is 18.8 Å². The summed E-state index contributed by atoms with van der Waals surface area (Å²) in [6, 6.07) is 14.7. The van der Waals surface area contributed by atoms with Gasteiger partial charge in [-0.15, -0.1) is 0 Å². The largest absolute Gasteiger partial charge is 0.502 e. The predicted octanol–water partition coefficient (Wildman–Crippen LogP) is 8.37. The lowest BCUT2D eigenvalue weighted by Crippen LogP contribution is -2.11. The second-order valence-corrected chi connectivity index (χ2v) is 8.31. The molecule has 1 nitrogen and oxygen atoms in total. The highest BCUT2D eigenvalue weighted by Gasteiger charge is 2.19. The molecule has 2 heteroatoms. The van der Waals surface area contributed by atoms with Gasteiger partial charge < -0.3 is 5.11 Å². The van der Waals surface area contributed by atoms with Gasteiger partial charge in [-0.25, -0.2) is 0 Å². The fourth-order valence-corrected chi connectivity index (χ4v) is 4.43. The summed E-state index contributed by atoms with van der Waals surface area (Å²) in [5, 5.41) is 12.8. The Kier molecular flexibility index (Phi) is 9.83. The first-order valence-corrected chi connectivity index (χ1v) is 11.3. The second-order valence-electron chi connectivity index (χ2n) is 7.89. The molecule has 0 bridgehead atoms. The highest BCUT2D eigenvalue weighted by atomic mass is 32.1. The van der Waals surface area contributed by atoms with Crippen molar-refractivity contribution in [1.29, 1.82) is 0 Å². The van der Waals surface area contributed by atoms with E-state index in [9.17, 15) is 5.11 Å². The zero-order valence-electron chi connectivity index (χ0n) is 17.1. The van der Waals surface area contributed by atoms with E-state index in [0.29, 0.717) is 0 Å². The third-order valence-corrected chi connectivity index (χ3v) is 6.07. The molecule has 2 aromatic carbocycles. The van der Waals surface area contributed by atoms with Crippen LogP contribution in [0.3, 0.4) is 0 Å². The van der Waals surface area contributed by atoms with Gasteiger partial charge in [-0.3, -0.25) is 0 Å². The lowest BCUT2D eigenvalue weighted by Gasteiger charge is -2.20. The topological polar surface area (TPSA) is 20.2 Å². The van der Waals surface area contributed by atoms with Crippen LogP contribution in [0.4, 0.5) is 0 Å². The fourth-order valence-electron chi connectivity index (χ4n) is 4.19. The summed E-state index contributed by atoms with van der Waals surface area (Å²) < 4.78 is 0. The molecule has 2 atom stereocenters. The molecule has 0 spiro atoms. The Morgan fingerprint density at radius 3 is 2.22 bits per heavy atom. The van der Waals surface area contributed by atoms with E-state index in [2.05, 4.69) is 56.3 Å². The molecule has 27 heavy (non-hydrogen) atoms. The Bertz CT molecular complexity index is 688. The predicted molar refractivity (Wildman–Crippen MR) is 123 cm³/mol. The average Bonchev–Trinajstić information content (AvgIpc) is 2.68. The molecule has 0 saturated heterocycles. The van der Waals surface area contributed by atoms with E-state index in [4.69, 9.17) is 12.2 Å². The van der Waals surface area contributed by atoms with Crippen molar-refractivity contribution in [3.63, 3.8) is 0 Å². The third kappa shape index (κ3) is 6.92. The maximum Gasteiger partial charge on any atom is 0.164 e. The Labute approximate surface area is 171 Å². The molecule has 0 aliphatic carbocycles. The first-order chi connectivity index (χ1) is 13.2. The van der Waals surface area contributed by atoms with Crippen LogP contribution in [-0.2, 0) is 0 Å². The summed E-state index contributed by atoms with van der Waals surface area (Å²) >= 11 is 5.25. The van der Waals surface area contributed by atoms with Crippen molar-refractivity contribution in [3.05, 3.63) is 48.0 Å². The maximum atomic E-state index is 10.2. The fraction of sp³-hybridized carbons (Fsp3) is 0.560. The molecule has 0 saturated carbocycles. The standard InChI is InChI=1S/C25H36OS/c1-3-5-7-13-20(12-6-4-2)14-10-19-24(25(26)27)23-18-11-16-21-15-8-9-17-22(21)23/h8-9,11,15-18,20,24H,3-7,10,12-14,19H2,1-2H3,(H,26,27). The van der Waals surface area contributed by atoms with Gasteiger partial charge in [0, 0.05) is 0 Å². The first-order valence-electron chi connectivity index (χ1n) is 10.9. The van der Waals surface area contributed by atoms with E-state index in [1.54, 1.807) is 0 Å². The van der Waals surface area contributed by atoms with Gasteiger partial charge in [0.2, 0.25) is 0 Å². The number of unbranched alkanes of at least 4 members (excludes halogenated alkanes) is 3. The van der Waals surface area contributed by atoms with Crippen LogP contribution in [0.5, 0.6) is 0 Å². The number of aliphatic hydroxyl groups excluding tert-OH is 1. The van der Waals surface area contributed by atoms with Crippen LogP contribution in [0.15, 0.2) is 42.5 Å². The van der Waals surface area contributed by atoms with E-state index >= 15 is 0 Å². The molecule has 0 heterocycles. The molecule has 0 fully saturated rings. The highest BCUT2D eigenvalue weighted by molar-refractivity contribution is 7.80. The van der Waals surface area contributed by atoms with Crippen LogP contribution in [0.2, 0.25) is 0 Å². The van der Waals surface area contributed by atoms with Crippen molar-refractivity contribution in [3.8, 4) is 0 Å². The van der Waals surface area contributed by atoms with Gasteiger partial charge in [0.15, 0.2) is 5.05 Å². The summed E-state index contributed by atoms with van der Waals surface area (Å²) in [6.45, 7) is 4.56. The average molecular weight is 385 g/mol. The van der Waals surface area contributed by atoms with Crippen molar-refractivity contribution < 1.29 is 5.11 Å². The lowest BCUT2D eigenvalue weighted by molar-refractivity contribution is 0.372. The molecule has 2 unspecified atom stereocenters. The molecule has 0 aromatic heterocycles. The molecule has 0 aliphatic heterocycles. The van der Waals surface area contributed by atoms with Crippen molar-refractivity contribution in [2.24, 2.45) is 5.92 Å². The van der Waals surface area contributed by atoms with Crippen LogP contribution >= 0.6 is 12.2 Å². The number of benzene rings is 2. The van der Waals surface area contributed by atoms with Gasteiger partial charge in [0.25, 0.3) is 0 Å². The number of rotatable bonds is 13. The molecular formula is C25H36OS. The summed E-state index contributed by atoms with van der Waals surface area (Å²) in [7, 11) is 0. The number of aliphatic hydroxyl groups is 1. The molecule has 0 aliphatic rings. The molecular weight excluding hydrogens is 348 g/mol. The molecule has 2 aromatic rings. The van der Waals surface area contributed by atoms with E-state index in [1.165, 1.54) is 67.7 Å². The summed E-state index contributed by atoms with van der Waals surface area (Å²) in [5.74, 6) is 0.797. The summed E-state index contributed by atoms with van der Waals surface area (Å²) in [6.07, 6.45) is 12.7.